The molecule has 5 heteroatoms. The number of carbonyl (C=O) groups excluding carboxylic acids is 1. The Kier molecular flexibility index (Phi) is 7.86. The van der Waals surface area contributed by atoms with Crippen molar-refractivity contribution in [2.75, 3.05) is 13.7 Å². The fourth-order valence-corrected chi connectivity index (χ4v) is 2.91. The SMILES string of the molecule is CCc1ccc(CCC(=O)NCC(Cc2ccccc2OC)C(=O)O)cc1. The van der Waals surface area contributed by atoms with Gasteiger partial charge in [0.1, 0.15) is 5.75 Å². The van der Waals surface area contributed by atoms with Crippen LogP contribution in [0.5, 0.6) is 5.75 Å². The summed E-state index contributed by atoms with van der Waals surface area (Å²) in [6, 6.07) is 15.5. The Morgan fingerprint density at radius 2 is 1.74 bits per heavy atom. The van der Waals surface area contributed by atoms with Gasteiger partial charge in [0.05, 0.1) is 13.0 Å². The molecule has 0 aliphatic rings. The molecule has 1 unspecified atom stereocenters. The lowest BCUT2D eigenvalue weighted by Crippen LogP contribution is -2.34. The van der Waals surface area contributed by atoms with Crippen molar-refractivity contribution < 1.29 is 19.4 Å². The predicted octanol–water partition coefficient (Wildman–Crippen LogP) is 3.25. The average molecular weight is 369 g/mol. The number of benzene rings is 2. The number of hydrogen-bond acceptors (Lipinski definition) is 3. The normalized spacial score (nSPS) is 11.6. The lowest BCUT2D eigenvalue weighted by molar-refractivity contribution is -0.141. The van der Waals surface area contributed by atoms with E-state index < -0.39 is 11.9 Å². The molecule has 27 heavy (non-hydrogen) atoms. The molecule has 0 spiro atoms. The molecule has 0 bridgehead atoms. The zero-order valence-electron chi connectivity index (χ0n) is 15.9. The van der Waals surface area contributed by atoms with E-state index in [0.717, 1.165) is 17.5 Å². The fourth-order valence-electron chi connectivity index (χ4n) is 2.91. The van der Waals surface area contributed by atoms with Crippen LogP contribution in [0, 0.1) is 5.92 Å². The van der Waals surface area contributed by atoms with Gasteiger partial charge < -0.3 is 15.2 Å². The molecule has 2 aromatic rings. The van der Waals surface area contributed by atoms with E-state index in [9.17, 15) is 14.7 Å². The van der Waals surface area contributed by atoms with Gasteiger partial charge in [-0.05, 0) is 42.0 Å². The molecule has 1 amide bonds. The van der Waals surface area contributed by atoms with Gasteiger partial charge in [-0.2, -0.15) is 0 Å². The van der Waals surface area contributed by atoms with Gasteiger partial charge in [-0.1, -0.05) is 49.4 Å². The first-order valence-corrected chi connectivity index (χ1v) is 9.22. The van der Waals surface area contributed by atoms with Crippen LogP contribution in [0.1, 0.15) is 30.0 Å². The van der Waals surface area contributed by atoms with Crippen LogP contribution in [0.2, 0.25) is 0 Å². The van der Waals surface area contributed by atoms with Crippen molar-refractivity contribution >= 4 is 11.9 Å². The van der Waals surface area contributed by atoms with E-state index in [-0.39, 0.29) is 12.5 Å². The first kappa shape index (κ1) is 20.5. The van der Waals surface area contributed by atoms with Gasteiger partial charge in [-0.25, -0.2) is 0 Å². The topological polar surface area (TPSA) is 75.6 Å². The molecule has 0 aromatic heterocycles. The van der Waals surface area contributed by atoms with E-state index in [1.807, 2.05) is 30.3 Å². The first-order chi connectivity index (χ1) is 13.0. The molecule has 0 aliphatic heterocycles. The van der Waals surface area contributed by atoms with Crippen molar-refractivity contribution in [3.05, 3.63) is 65.2 Å². The number of carboxylic acid groups (broad SMARTS) is 1. The number of amides is 1. The average Bonchev–Trinajstić information content (AvgIpc) is 2.69. The summed E-state index contributed by atoms with van der Waals surface area (Å²) in [6.45, 7) is 2.20. The molecule has 0 fully saturated rings. The van der Waals surface area contributed by atoms with Crippen LogP contribution < -0.4 is 10.1 Å². The second-order valence-electron chi connectivity index (χ2n) is 6.53. The number of hydrogen-bond donors (Lipinski definition) is 2. The van der Waals surface area contributed by atoms with Gasteiger partial charge in [-0.15, -0.1) is 0 Å². The maximum atomic E-state index is 12.1. The van der Waals surface area contributed by atoms with E-state index in [1.54, 1.807) is 13.2 Å². The summed E-state index contributed by atoms with van der Waals surface area (Å²) in [4.78, 5) is 23.7. The lowest BCUT2D eigenvalue weighted by atomic mass is 9.98. The van der Waals surface area contributed by atoms with Gasteiger partial charge in [0, 0.05) is 13.0 Å². The van der Waals surface area contributed by atoms with Crippen LogP contribution in [0.15, 0.2) is 48.5 Å². The second kappa shape index (κ2) is 10.4. The summed E-state index contributed by atoms with van der Waals surface area (Å²) in [6.07, 6.45) is 2.27. The van der Waals surface area contributed by atoms with Gasteiger partial charge in [0.2, 0.25) is 5.91 Å². The number of carbonyl (C=O) groups is 2. The minimum atomic E-state index is -0.934. The van der Waals surface area contributed by atoms with E-state index >= 15 is 0 Å². The smallest absolute Gasteiger partial charge is 0.308 e. The molecule has 2 aromatic carbocycles. The third kappa shape index (κ3) is 6.44. The summed E-state index contributed by atoms with van der Waals surface area (Å²) in [5, 5.41) is 12.2. The molecule has 0 saturated carbocycles. The summed E-state index contributed by atoms with van der Waals surface area (Å²) >= 11 is 0. The van der Waals surface area contributed by atoms with Gasteiger partial charge in [0.25, 0.3) is 0 Å². The molecule has 0 heterocycles. The number of aryl methyl sites for hydroxylation is 2. The Bertz CT molecular complexity index is 755. The minimum absolute atomic E-state index is 0.0982. The Balaban J connectivity index is 1.85. The number of nitrogens with one attached hydrogen (secondary N) is 1. The van der Waals surface area contributed by atoms with E-state index in [0.29, 0.717) is 25.0 Å². The molecule has 2 N–H and O–H groups in total. The third-order valence-electron chi connectivity index (χ3n) is 4.63. The van der Waals surface area contributed by atoms with Crippen LogP contribution in [0.4, 0.5) is 0 Å². The highest BCUT2D eigenvalue weighted by Gasteiger charge is 2.20. The van der Waals surface area contributed by atoms with Crippen molar-refractivity contribution in [1.82, 2.24) is 5.32 Å². The molecule has 2 rings (SSSR count). The molecule has 144 valence electrons. The highest BCUT2D eigenvalue weighted by molar-refractivity contribution is 5.77. The molecule has 0 saturated heterocycles. The van der Waals surface area contributed by atoms with Crippen molar-refractivity contribution in [1.29, 1.82) is 0 Å². The molecular formula is C22H27NO4. The number of para-hydroxylation sites is 1. The third-order valence-corrected chi connectivity index (χ3v) is 4.63. The maximum absolute atomic E-state index is 12.1. The fraction of sp³-hybridized carbons (Fsp3) is 0.364. The highest BCUT2D eigenvalue weighted by atomic mass is 16.5. The summed E-state index contributed by atoms with van der Waals surface area (Å²) in [7, 11) is 1.56. The number of methoxy groups -OCH3 is 1. The summed E-state index contributed by atoms with van der Waals surface area (Å²) in [5.41, 5.74) is 3.19. The zero-order valence-corrected chi connectivity index (χ0v) is 15.9. The molecule has 0 radical (unpaired) electrons. The number of carboxylic acids is 1. The number of rotatable bonds is 10. The Hall–Kier alpha value is -2.82. The van der Waals surface area contributed by atoms with Crippen LogP contribution in [-0.2, 0) is 28.9 Å². The lowest BCUT2D eigenvalue weighted by Gasteiger charge is -2.15. The van der Waals surface area contributed by atoms with Crippen molar-refractivity contribution in [3.63, 3.8) is 0 Å². The molecule has 1 atom stereocenters. The quantitative estimate of drug-likeness (QED) is 0.674. The van der Waals surface area contributed by atoms with Crippen molar-refractivity contribution in [2.45, 2.75) is 32.6 Å². The van der Waals surface area contributed by atoms with E-state index in [1.165, 1.54) is 5.56 Å². The predicted molar refractivity (Wildman–Crippen MR) is 105 cm³/mol. The molecule has 0 aliphatic carbocycles. The van der Waals surface area contributed by atoms with Crippen LogP contribution >= 0.6 is 0 Å². The van der Waals surface area contributed by atoms with Crippen LogP contribution in [-0.4, -0.2) is 30.6 Å². The number of aliphatic carboxylic acids is 1. The van der Waals surface area contributed by atoms with E-state index in [4.69, 9.17) is 4.74 Å². The highest BCUT2D eigenvalue weighted by Crippen LogP contribution is 2.21. The van der Waals surface area contributed by atoms with Crippen LogP contribution in [0.3, 0.4) is 0 Å². The second-order valence-corrected chi connectivity index (χ2v) is 6.53. The Labute approximate surface area is 160 Å². The van der Waals surface area contributed by atoms with Crippen LogP contribution in [0.25, 0.3) is 0 Å². The zero-order chi connectivity index (χ0) is 19.6. The largest absolute Gasteiger partial charge is 0.496 e. The standard InChI is InChI=1S/C22H27NO4/c1-3-16-8-10-17(11-9-16)12-13-21(24)23-15-19(22(25)26)14-18-6-4-5-7-20(18)27-2/h4-11,19H,3,12-15H2,1-2H3,(H,23,24)(H,25,26). The van der Waals surface area contributed by atoms with Gasteiger partial charge in [-0.3, -0.25) is 9.59 Å². The summed E-state index contributed by atoms with van der Waals surface area (Å²) in [5.74, 6) is -1.11. The Morgan fingerprint density at radius 3 is 2.37 bits per heavy atom. The minimum Gasteiger partial charge on any atom is -0.496 e. The monoisotopic (exact) mass is 369 g/mol. The maximum Gasteiger partial charge on any atom is 0.308 e. The Morgan fingerprint density at radius 1 is 1.07 bits per heavy atom. The van der Waals surface area contributed by atoms with E-state index in [2.05, 4.69) is 24.4 Å². The van der Waals surface area contributed by atoms with Gasteiger partial charge in [0.15, 0.2) is 0 Å². The van der Waals surface area contributed by atoms with Crippen molar-refractivity contribution in [2.24, 2.45) is 5.92 Å². The number of ether oxygens (including phenoxy) is 1. The van der Waals surface area contributed by atoms with Crippen molar-refractivity contribution in [3.8, 4) is 5.75 Å². The molecule has 5 nitrogen and oxygen atoms in total. The first-order valence-electron chi connectivity index (χ1n) is 9.22. The molecular weight excluding hydrogens is 342 g/mol. The van der Waals surface area contributed by atoms with Gasteiger partial charge >= 0.3 is 5.97 Å². The summed E-state index contributed by atoms with van der Waals surface area (Å²) < 4.78 is 5.28.